The van der Waals surface area contributed by atoms with Crippen molar-refractivity contribution in [1.82, 2.24) is 0 Å². The monoisotopic (exact) mass is 282 g/mol. The molecule has 0 amide bonds. The lowest BCUT2D eigenvalue weighted by Gasteiger charge is -2.21. The van der Waals surface area contributed by atoms with E-state index in [1.807, 2.05) is 0 Å². The second kappa shape index (κ2) is 15.4. The van der Waals surface area contributed by atoms with Crippen LogP contribution in [0.4, 0.5) is 0 Å². The summed E-state index contributed by atoms with van der Waals surface area (Å²) in [5, 5.41) is 0. The highest BCUT2D eigenvalue weighted by molar-refractivity contribution is 4.65. The van der Waals surface area contributed by atoms with E-state index in [1.54, 1.807) is 0 Å². The Balaban J connectivity index is 3.76. The SMILES string of the molecule is CCCCCCCC(C)CC(CCCC)CCCCC. The maximum absolute atomic E-state index is 2.50. The van der Waals surface area contributed by atoms with Crippen LogP contribution in [0.15, 0.2) is 0 Å². The molecule has 0 bridgehead atoms. The van der Waals surface area contributed by atoms with Crippen LogP contribution in [-0.4, -0.2) is 0 Å². The van der Waals surface area contributed by atoms with Gasteiger partial charge in [-0.25, -0.2) is 0 Å². The van der Waals surface area contributed by atoms with E-state index in [9.17, 15) is 0 Å². The predicted octanol–water partition coefficient (Wildman–Crippen LogP) is 7.76. The summed E-state index contributed by atoms with van der Waals surface area (Å²) in [7, 11) is 0. The predicted molar refractivity (Wildman–Crippen MR) is 94.3 cm³/mol. The molecule has 0 aromatic carbocycles. The quantitative estimate of drug-likeness (QED) is 0.269. The minimum atomic E-state index is 0.958. The second-order valence-electron chi connectivity index (χ2n) is 7.05. The van der Waals surface area contributed by atoms with Gasteiger partial charge in [0.05, 0.1) is 0 Å². The van der Waals surface area contributed by atoms with Crippen molar-refractivity contribution in [3.63, 3.8) is 0 Å². The molecule has 0 aromatic heterocycles. The Morgan fingerprint density at radius 3 is 1.70 bits per heavy atom. The molecule has 0 radical (unpaired) electrons. The van der Waals surface area contributed by atoms with Gasteiger partial charge in [-0.2, -0.15) is 0 Å². The van der Waals surface area contributed by atoms with Gasteiger partial charge in [-0.15, -0.1) is 0 Å². The molecule has 0 heteroatoms. The van der Waals surface area contributed by atoms with Gasteiger partial charge >= 0.3 is 0 Å². The first-order valence-corrected chi connectivity index (χ1v) is 9.74. The fraction of sp³-hybridized carbons (Fsp3) is 1.00. The summed E-state index contributed by atoms with van der Waals surface area (Å²) < 4.78 is 0. The van der Waals surface area contributed by atoms with Crippen molar-refractivity contribution >= 4 is 0 Å². The minimum Gasteiger partial charge on any atom is -0.0654 e. The van der Waals surface area contributed by atoms with Crippen LogP contribution in [-0.2, 0) is 0 Å². The van der Waals surface area contributed by atoms with Crippen molar-refractivity contribution in [2.24, 2.45) is 11.8 Å². The van der Waals surface area contributed by atoms with E-state index in [4.69, 9.17) is 0 Å². The van der Waals surface area contributed by atoms with Crippen molar-refractivity contribution in [3.8, 4) is 0 Å². The van der Waals surface area contributed by atoms with E-state index in [-0.39, 0.29) is 0 Å². The summed E-state index contributed by atoms with van der Waals surface area (Å²) in [5.74, 6) is 1.98. The number of hydrogen-bond donors (Lipinski definition) is 0. The number of hydrogen-bond acceptors (Lipinski definition) is 0. The Bertz CT molecular complexity index is 173. The highest BCUT2D eigenvalue weighted by Gasteiger charge is 2.12. The normalized spacial score (nSPS) is 14.4. The molecule has 0 spiro atoms. The molecule has 0 aliphatic carbocycles. The van der Waals surface area contributed by atoms with Crippen LogP contribution in [0.3, 0.4) is 0 Å². The molecule has 0 saturated carbocycles. The van der Waals surface area contributed by atoms with E-state index in [1.165, 1.54) is 89.9 Å². The minimum absolute atomic E-state index is 0.958. The second-order valence-corrected chi connectivity index (χ2v) is 7.05. The zero-order valence-electron chi connectivity index (χ0n) is 15.1. The number of unbranched alkanes of at least 4 members (excludes halogenated alkanes) is 7. The standard InChI is InChI=1S/C20H42/c1-5-8-11-12-14-15-19(4)18-20(16-10-7-3)17-13-9-6-2/h19-20H,5-18H2,1-4H3. The third-order valence-electron chi connectivity index (χ3n) is 4.72. The maximum atomic E-state index is 2.50. The van der Waals surface area contributed by atoms with Crippen LogP contribution >= 0.6 is 0 Å². The first kappa shape index (κ1) is 20.0. The summed E-state index contributed by atoms with van der Waals surface area (Å²) in [6.45, 7) is 9.45. The lowest BCUT2D eigenvalue weighted by Crippen LogP contribution is -2.07. The molecule has 0 aromatic rings. The average Bonchev–Trinajstić information content (AvgIpc) is 2.44. The van der Waals surface area contributed by atoms with Crippen molar-refractivity contribution < 1.29 is 0 Å². The van der Waals surface area contributed by atoms with Crippen molar-refractivity contribution in [1.29, 1.82) is 0 Å². The summed E-state index contributed by atoms with van der Waals surface area (Å²) in [6.07, 6.45) is 20.2. The Kier molecular flexibility index (Phi) is 15.4. The van der Waals surface area contributed by atoms with Gasteiger partial charge in [0.25, 0.3) is 0 Å². The summed E-state index contributed by atoms with van der Waals surface area (Å²) >= 11 is 0. The van der Waals surface area contributed by atoms with Crippen molar-refractivity contribution in [2.75, 3.05) is 0 Å². The Morgan fingerprint density at radius 2 is 1.05 bits per heavy atom. The van der Waals surface area contributed by atoms with Gasteiger partial charge in [0.1, 0.15) is 0 Å². The van der Waals surface area contributed by atoms with Gasteiger partial charge in [0, 0.05) is 0 Å². The van der Waals surface area contributed by atoms with Crippen LogP contribution < -0.4 is 0 Å². The van der Waals surface area contributed by atoms with Gasteiger partial charge < -0.3 is 0 Å². The lowest BCUT2D eigenvalue weighted by molar-refractivity contribution is 0.316. The Morgan fingerprint density at radius 1 is 0.550 bits per heavy atom. The van der Waals surface area contributed by atoms with E-state index in [0.717, 1.165) is 11.8 Å². The summed E-state index contributed by atoms with van der Waals surface area (Å²) in [4.78, 5) is 0. The third kappa shape index (κ3) is 13.0. The van der Waals surface area contributed by atoms with Crippen LogP contribution in [0.5, 0.6) is 0 Å². The fourth-order valence-corrected chi connectivity index (χ4v) is 3.34. The van der Waals surface area contributed by atoms with Gasteiger partial charge in [-0.1, -0.05) is 111 Å². The molecule has 0 heterocycles. The largest absolute Gasteiger partial charge is 0.0654 e. The molecule has 20 heavy (non-hydrogen) atoms. The molecule has 122 valence electrons. The van der Waals surface area contributed by atoms with E-state index in [0.29, 0.717) is 0 Å². The molecule has 2 unspecified atom stereocenters. The zero-order chi connectivity index (χ0) is 15.1. The first-order chi connectivity index (χ1) is 9.74. The summed E-state index contributed by atoms with van der Waals surface area (Å²) in [5.41, 5.74) is 0. The van der Waals surface area contributed by atoms with Crippen molar-refractivity contribution in [2.45, 2.75) is 118 Å². The highest BCUT2D eigenvalue weighted by atomic mass is 14.2. The topological polar surface area (TPSA) is 0 Å². The molecular formula is C20H42. The first-order valence-electron chi connectivity index (χ1n) is 9.74. The van der Waals surface area contributed by atoms with E-state index < -0.39 is 0 Å². The molecule has 0 fully saturated rings. The van der Waals surface area contributed by atoms with Gasteiger partial charge in [0.15, 0.2) is 0 Å². The molecule has 2 atom stereocenters. The molecule has 0 nitrogen and oxygen atoms in total. The molecule has 0 aliphatic heterocycles. The molecule has 0 N–H and O–H groups in total. The molecular weight excluding hydrogens is 240 g/mol. The average molecular weight is 283 g/mol. The van der Waals surface area contributed by atoms with E-state index >= 15 is 0 Å². The van der Waals surface area contributed by atoms with Crippen LogP contribution in [0.1, 0.15) is 118 Å². The highest BCUT2D eigenvalue weighted by Crippen LogP contribution is 2.26. The zero-order valence-corrected chi connectivity index (χ0v) is 15.1. The van der Waals surface area contributed by atoms with Gasteiger partial charge in [-0.05, 0) is 18.3 Å². The number of rotatable bonds is 15. The smallest absolute Gasteiger partial charge is 0.0412 e. The molecule has 0 rings (SSSR count). The van der Waals surface area contributed by atoms with E-state index in [2.05, 4.69) is 27.7 Å². The summed E-state index contributed by atoms with van der Waals surface area (Å²) in [6, 6.07) is 0. The molecule has 0 aliphatic rings. The van der Waals surface area contributed by atoms with Crippen LogP contribution in [0.25, 0.3) is 0 Å². The van der Waals surface area contributed by atoms with Crippen LogP contribution in [0, 0.1) is 11.8 Å². The lowest BCUT2D eigenvalue weighted by atomic mass is 9.85. The fourth-order valence-electron chi connectivity index (χ4n) is 3.34. The molecule has 0 saturated heterocycles. The Hall–Kier alpha value is 0. The maximum Gasteiger partial charge on any atom is -0.0412 e. The Labute approximate surface area is 130 Å². The van der Waals surface area contributed by atoms with Crippen LogP contribution in [0.2, 0.25) is 0 Å². The van der Waals surface area contributed by atoms with Crippen molar-refractivity contribution in [3.05, 3.63) is 0 Å². The van der Waals surface area contributed by atoms with Gasteiger partial charge in [0.2, 0.25) is 0 Å². The third-order valence-corrected chi connectivity index (χ3v) is 4.72. The van der Waals surface area contributed by atoms with Gasteiger partial charge in [-0.3, -0.25) is 0 Å².